The summed E-state index contributed by atoms with van der Waals surface area (Å²) in [5.41, 5.74) is 0.307. The summed E-state index contributed by atoms with van der Waals surface area (Å²) in [5, 5.41) is 5.97. The van der Waals surface area contributed by atoms with Gasteiger partial charge in [-0.3, -0.25) is 4.79 Å². The number of halogens is 3. The molecule has 1 aliphatic rings. The molecular weight excluding hydrogens is 298 g/mol. The molecule has 0 bridgehead atoms. The molecule has 0 atom stereocenters. The van der Waals surface area contributed by atoms with Crippen LogP contribution in [0.3, 0.4) is 0 Å². The Labute approximate surface area is 129 Å². The molecule has 1 amide bonds. The SMILES string of the molecule is Cl.O=C(CCC1CCNCC1)NCc1ccc(F)cc1F. The Morgan fingerprint density at radius 1 is 1.29 bits per heavy atom. The van der Waals surface area contributed by atoms with Crippen molar-refractivity contribution < 1.29 is 13.6 Å². The lowest BCUT2D eigenvalue weighted by molar-refractivity contribution is -0.121. The highest BCUT2D eigenvalue weighted by Gasteiger charge is 2.14. The van der Waals surface area contributed by atoms with Crippen molar-refractivity contribution in [3.63, 3.8) is 0 Å². The lowest BCUT2D eigenvalue weighted by atomic mass is 9.93. The second-order valence-electron chi connectivity index (χ2n) is 5.24. The van der Waals surface area contributed by atoms with Crippen molar-refractivity contribution in [2.45, 2.75) is 32.2 Å². The summed E-state index contributed by atoms with van der Waals surface area (Å²) in [4.78, 5) is 11.7. The first-order valence-electron chi connectivity index (χ1n) is 7.06. The monoisotopic (exact) mass is 318 g/mol. The Hall–Kier alpha value is -1.20. The van der Waals surface area contributed by atoms with Crippen LogP contribution in [0.2, 0.25) is 0 Å². The molecule has 1 saturated heterocycles. The van der Waals surface area contributed by atoms with Gasteiger partial charge < -0.3 is 10.6 Å². The van der Waals surface area contributed by atoms with E-state index in [1.54, 1.807) is 0 Å². The maximum atomic E-state index is 13.4. The van der Waals surface area contributed by atoms with Gasteiger partial charge in [-0.2, -0.15) is 0 Å². The van der Waals surface area contributed by atoms with E-state index in [0.717, 1.165) is 38.4 Å². The second kappa shape index (κ2) is 8.95. The van der Waals surface area contributed by atoms with Gasteiger partial charge >= 0.3 is 0 Å². The number of hydrogen-bond acceptors (Lipinski definition) is 2. The molecule has 1 aromatic rings. The summed E-state index contributed by atoms with van der Waals surface area (Å²) >= 11 is 0. The second-order valence-corrected chi connectivity index (χ2v) is 5.24. The molecule has 21 heavy (non-hydrogen) atoms. The maximum absolute atomic E-state index is 13.4. The molecule has 0 unspecified atom stereocenters. The number of amides is 1. The summed E-state index contributed by atoms with van der Waals surface area (Å²) in [7, 11) is 0. The molecule has 1 aromatic carbocycles. The third kappa shape index (κ3) is 5.98. The molecule has 0 aromatic heterocycles. The molecular formula is C15H21ClF2N2O. The van der Waals surface area contributed by atoms with E-state index in [-0.39, 0.29) is 24.9 Å². The van der Waals surface area contributed by atoms with E-state index in [1.807, 2.05) is 0 Å². The molecule has 1 aliphatic heterocycles. The number of benzene rings is 1. The summed E-state index contributed by atoms with van der Waals surface area (Å²) in [5.74, 6) is -0.705. The highest BCUT2D eigenvalue weighted by atomic mass is 35.5. The number of carbonyl (C=O) groups excluding carboxylic acids is 1. The Morgan fingerprint density at radius 2 is 2.00 bits per heavy atom. The summed E-state index contributed by atoms with van der Waals surface area (Å²) < 4.78 is 26.1. The van der Waals surface area contributed by atoms with Gasteiger partial charge in [-0.25, -0.2) is 8.78 Å². The molecule has 1 heterocycles. The van der Waals surface area contributed by atoms with Gasteiger partial charge in [0.1, 0.15) is 11.6 Å². The maximum Gasteiger partial charge on any atom is 0.220 e. The van der Waals surface area contributed by atoms with Crippen LogP contribution in [0.15, 0.2) is 18.2 Å². The van der Waals surface area contributed by atoms with Crippen molar-refractivity contribution in [2.24, 2.45) is 5.92 Å². The van der Waals surface area contributed by atoms with Gasteiger partial charge in [-0.05, 0) is 44.3 Å². The van der Waals surface area contributed by atoms with Crippen LogP contribution in [0.5, 0.6) is 0 Å². The zero-order valence-electron chi connectivity index (χ0n) is 11.8. The van der Waals surface area contributed by atoms with Crippen LogP contribution in [0.1, 0.15) is 31.2 Å². The molecule has 3 nitrogen and oxygen atoms in total. The van der Waals surface area contributed by atoms with Crippen LogP contribution < -0.4 is 10.6 Å². The van der Waals surface area contributed by atoms with E-state index in [0.29, 0.717) is 17.9 Å². The Morgan fingerprint density at radius 3 is 2.67 bits per heavy atom. The predicted octanol–water partition coefficient (Wildman–Crippen LogP) is 2.78. The molecule has 0 saturated carbocycles. The first-order valence-corrected chi connectivity index (χ1v) is 7.06. The van der Waals surface area contributed by atoms with E-state index in [4.69, 9.17) is 0 Å². The van der Waals surface area contributed by atoms with Gasteiger partial charge in [0, 0.05) is 24.6 Å². The predicted molar refractivity (Wildman–Crippen MR) is 80.3 cm³/mol. The third-order valence-electron chi connectivity index (χ3n) is 3.73. The lowest BCUT2D eigenvalue weighted by Crippen LogP contribution is -2.29. The van der Waals surface area contributed by atoms with Crippen molar-refractivity contribution in [2.75, 3.05) is 13.1 Å². The Kier molecular flexibility index (Phi) is 7.61. The van der Waals surface area contributed by atoms with E-state index in [9.17, 15) is 13.6 Å². The minimum atomic E-state index is -0.622. The quantitative estimate of drug-likeness (QED) is 0.876. The number of rotatable bonds is 5. The van der Waals surface area contributed by atoms with Crippen molar-refractivity contribution in [1.29, 1.82) is 0 Å². The van der Waals surface area contributed by atoms with E-state index < -0.39 is 11.6 Å². The minimum Gasteiger partial charge on any atom is -0.352 e. The van der Waals surface area contributed by atoms with Crippen LogP contribution in [0.4, 0.5) is 8.78 Å². The van der Waals surface area contributed by atoms with Crippen molar-refractivity contribution in [3.8, 4) is 0 Å². The van der Waals surface area contributed by atoms with Crippen LogP contribution >= 0.6 is 12.4 Å². The summed E-state index contributed by atoms with van der Waals surface area (Å²) in [6.45, 7) is 2.15. The number of carbonyl (C=O) groups is 1. The molecule has 0 aliphatic carbocycles. The molecule has 6 heteroatoms. The number of piperidine rings is 1. The first-order chi connectivity index (χ1) is 9.65. The third-order valence-corrected chi connectivity index (χ3v) is 3.73. The van der Waals surface area contributed by atoms with Gasteiger partial charge in [0.25, 0.3) is 0 Å². The summed E-state index contributed by atoms with van der Waals surface area (Å²) in [6, 6.07) is 3.38. The van der Waals surface area contributed by atoms with E-state index in [1.165, 1.54) is 12.1 Å². The zero-order chi connectivity index (χ0) is 14.4. The molecule has 1 fully saturated rings. The van der Waals surface area contributed by atoms with Gasteiger partial charge in [-0.1, -0.05) is 6.07 Å². The number of hydrogen-bond donors (Lipinski definition) is 2. The van der Waals surface area contributed by atoms with Crippen LogP contribution in [-0.2, 0) is 11.3 Å². The standard InChI is InChI=1S/C15H20F2N2O.ClH/c16-13-3-2-12(14(17)9-13)10-19-15(20)4-1-11-5-7-18-8-6-11;/h2-3,9,11,18H,1,4-8,10H2,(H,19,20);1H. The van der Waals surface area contributed by atoms with Crippen molar-refractivity contribution in [1.82, 2.24) is 10.6 Å². The Bertz CT molecular complexity index is 465. The highest BCUT2D eigenvalue weighted by Crippen LogP contribution is 2.17. The normalized spacial score (nSPS) is 15.3. The topological polar surface area (TPSA) is 41.1 Å². The van der Waals surface area contributed by atoms with Crippen molar-refractivity contribution in [3.05, 3.63) is 35.4 Å². The first kappa shape index (κ1) is 17.9. The van der Waals surface area contributed by atoms with E-state index in [2.05, 4.69) is 10.6 Å². The van der Waals surface area contributed by atoms with Crippen molar-refractivity contribution >= 4 is 18.3 Å². The van der Waals surface area contributed by atoms with Crippen LogP contribution in [0.25, 0.3) is 0 Å². The smallest absolute Gasteiger partial charge is 0.220 e. The Balaban J connectivity index is 0.00000220. The molecule has 2 rings (SSSR count). The van der Waals surface area contributed by atoms with Gasteiger partial charge in [0.05, 0.1) is 0 Å². The molecule has 118 valence electrons. The fraction of sp³-hybridized carbons (Fsp3) is 0.533. The fourth-order valence-electron chi connectivity index (χ4n) is 2.45. The molecule has 0 spiro atoms. The largest absolute Gasteiger partial charge is 0.352 e. The van der Waals surface area contributed by atoms with Gasteiger partial charge in [0.15, 0.2) is 0 Å². The van der Waals surface area contributed by atoms with Gasteiger partial charge in [0.2, 0.25) is 5.91 Å². The zero-order valence-corrected chi connectivity index (χ0v) is 12.6. The minimum absolute atomic E-state index is 0. The fourth-order valence-corrected chi connectivity index (χ4v) is 2.45. The van der Waals surface area contributed by atoms with E-state index >= 15 is 0 Å². The van der Waals surface area contributed by atoms with Gasteiger partial charge in [-0.15, -0.1) is 12.4 Å². The van der Waals surface area contributed by atoms with Crippen LogP contribution in [-0.4, -0.2) is 19.0 Å². The average Bonchev–Trinajstić information content (AvgIpc) is 2.45. The highest BCUT2D eigenvalue weighted by molar-refractivity contribution is 5.85. The van der Waals surface area contributed by atoms with Crippen LogP contribution in [0, 0.1) is 17.6 Å². The number of nitrogens with one attached hydrogen (secondary N) is 2. The average molecular weight is 319 g/mol. The summed E-state index contributed by atoms with van der Waals surface area (Å²) in [6.07, 6.45) is 3.56. The lowest BCUT2D eigenvalue weighted by Gasteiger charge is -2.22. The molecule has 2 N–H and O–H groups in total. The molecule has 0 radical (unpaired) electrons.